The first-order valence-corrected chi connectivity index (χ1v) is 15.0. The van der Waals surface area contributed by atoms with Gasteiger partial charge in [-0.1, -0.05) is 30.3 Å². The average molecular weight is 603 g/mol. The second kappa shape index (κ2) is 16.1. The summed E-state index contributed by atoms with van der Waals surface area (Å²) < 4.78 is 15.4. The van der Waals surface area contributed by atoms with E-state index in [-0.39, 0.29) is 31.1 Å². The van der Waals surface area contributed by atoms with Gasteiger partial charge in [0.25, 0.3) is 0 Å². The minimum atomic E-state index is -1.12. The number of hydrogen-bond acceptors (Lipinski definition) is 8. The third-order valence-electron chi connectivity index (χ3n) is 7.65. The SMILES string of the molecule is COC(=O)[C@H](CNC(=O)[C@@H]1CCCN(C(=O)CCC2CCN(C(=O)OC(C)(C)C)CC2)C1)NC(=O)OCc1ccccc1. The minimum absolute atomic E-state index is 0.0161. The maximum absolute atomic E-state index is 13.0. The van der Waals surface area contributed by atoms with E-state index in [0.717, 1.165) is 24.8 Å². The van der Waals surface area contributed by atoms with Crippen LogP contribution in [0, 0.1) is 11.8 Å². The molecule has 43 heavy (non-hydrogen) atoms. The van der Waals surface area contributed by atoms with Crippen molar-refractivity contribution in [2.75, 3.05) is 39.8 Å². The van der Waals surface area contributed by atoms with Crippen LogP contribution in [0.5, 0.6) is 0 Å². The van der Waals surface area contributed by atoms with E-state index in [0.29, 0.717) is 51.4 Å². The Morgan fingerprint density at radius 3 is 2.33 bits per heavy atom. The van der Waals surface area contributed by atoms with E-state index in [2.05, 4.69) is 10.6 Å². The van der Waals surface area contributed by atoms with Gasteiger partial charge >= 0.3 is 18.2 Å². The van der Waals surface area contributed by atoms with E-state index in [9.17, 15) is 24.0 Å². The van der Waals surface area contributed by atoms with Gasteiger partial charge in [0.05, 0.1) is 13.0 Å². The summed E-state index contributed by atoms with van der Waals surface area (Å²) in [4.78, 5) is 66.2. The number of ether oxygens (including phenoxy) is 3. The lowest BCUT2D eigenvalue weighted by atomic mass is 9.91. The van der Waals surface area contributed by atoms with Crippen LogP contribution in [0.2, 0.25) is 0 Å². The van der Waals surface area contributed by atoms with Gasteiger partial charge in [0.15, 0.2) is 0 Å². The Morgan fingerprint density at radius 2 is 1.67 bits per heavy atom. The van der Waals surface area contributed by atoms with Crippen LogP contribution in [0.4, 0.5) is 9.59 Å². The molecule has 2 aliphatic heterocycles. The van der Waals surface area contributed by atoms with Crippen molar-refractivity contribution in [2.45, 2.75) is 77.5 Å². The molecule has 4 amide bonds. The summed E-state index contributed by atoms with van der Waals surface area (Å²) in [5, 5.41) is 5.17. The first kappa shape index (κ1) is 33.7. The molecule has 2 atom stereocenters. The van der Waals surface area contributed by atoms with E-state index in [1.165, 1.54) is 7.11 Å². The molecule has 2 fully saturated rings. The topological polar surface area (TPSA) is 144 Å². The Morgan fingerprint density at radius 1 is 0.977 bits per heavy atom. The molecular weight excluding hydrogens is 556 g/mol. The lowest BCUT2D eigenvalue weighted by Crippen LogP contribution is -2.51. The van der Waals surface area contributed by atoms with Gasteiger partial charge in [0.2, 0.25) is 11.8 Å². The Hall–Kier alpha value is -3.83. The van der Waals surface area contributed by atoms with Crippen LogP contribution in [0.15, 0.2) is 30.3 Å². The molecule has 2 heterocycles. The second-order valence-corrected chi connectivity index (χ2v) is 12.2. The molecule has 0 aromatic heterocycles. The minimum Gasteiger partial charge on any atom is -0.467 e. The van der Waals surface area contributed by atoms with Crippen LogP contribution >= 0.6 is 0 Å². The number of likely N-dealkylation sites (tertiary alicyclic amines) is 2. The van der Waals surface area contributed by atoms with Gasteiger partial charge in [0, 0.05) is 39.1 Å². The van der Waals surface area contributed by atoms with Crippen molar-refractivity contribution in [3.8, 4) is 0 Å². The number of alkyl carbamates (subject to hydrolysis) is 1. The van der Waals surface area contributed by atoms with Crippen molar-refractivity contribution in [1.82, 2.24) is 20.4 Å². The predicted molar refractivity (Wildman–Crippen MR) is 158 cm³/mol. The first-order valence-electron chi connectivity index (χ1n) is 15.0. The second-order valence-electron chi connectivity index (χ2n) is 12.2. The molecule has 2 N–H and O–H groups in total. The predicted octanol–water partition coefficient (Wildman–Crippen LogP) is 3.24. The molecule has 0 unspecified atom stereocenters. The van der Waals surface area contributed by atoms with Gasteiger partial charge in [-0.2, -0.15) is 0 Å². The summed E-state index contributed by atoms with van der Waals surface area (Å²) in [6.45, 7) is 7.54. The highest BCUT2D eigenvalue weighted by Crippen LogP contribution is 2.25. The van der Waals surface area contributed by atoms with Crippen LogP contribution in [0.3, 0.4) is 0 Å². The summed E-state index contributed by atoms with van der Waals surface area (Å²) in [5.41, 5.74) is 0.265. The molecule has 0 radical (unpaired) electrons. The number of piperidine rings is 2. The van der Waals surface area contributed by atoms with Crippen molar-refractivity contribution in [2.24, 2.45) is 11.8 Å². The molecule has 0 saturated carbocycles. The van der Waals surface area contributed by atoms with Crippen LogP contribution < -0.4 is 10.6 Å². The molecule has 2 saturated heterocycles. The fourth-order valence-electron chi connectivity index (χ4n) is 5.22. The van der Waals surface area contributed by atoms with Crippen LogP contribution in [0.1, 0.15) is 64.9 Å². The molecular formula is C31H46N4O8. The monoisotopic (exact) mass is 602 g/mol. The number of hydrogen-bond donors (Lipinski definition) is 2. The van der Waals surface area contributed by atoms with Gasteiger partial charge in [-0.25, -0.2) is 14.4 Å². The number of methoxy groups -OCH3 is 1. The van der Waals surface area contributed by atoms with E-state index in [1.807, 2.05) is 39.0 Å². The Labute approximate surface area is 253 Å². The Balaban J connectivity index is 1.40. The van der Waals surface area contributed by atoms with Crippen LogP contribution in [0.25, 0.3) is 0 Å². The van der Waals surface area contributed by atoms with Crippen molar-refractivity contribution in [3.05, 3.63) is 35.9 Å². The number of nitrogens with one attached hydrogen (secondary N) is 2. The molecule has 0 bridgehead atoms. The van der Waals surface area contributed by atoms with Gasteiger partial charge in [-0.05, 0) is 64.4 Å². The Bertz CT molecular complexity index is 1100. The van der Waals surface area contributed by atoms with E-state index in [1.54, 1.807) is 21.9 Å². The lowest BCUT2D eigenvalue weighted by Gasteiger charge is -2.34. The molecule has 1 aromatic rings. The van der Waals surface area contributed by atoms with Crippen molar-refractivity contribution in [3.63, 3.8) is 0 Å². The zero-order chi connectivity index (χ0) is 31.4. The number of carbonyl (C=O) groups is 5. The molecule has 0 spiro atoms. The van der Waals surface area contributed by atoms with E-state index >= 15 is 0 Å². The molecule has 238 valence electrons. The number of esters is 1. The first-order chi connectivity index (χ1) is 20.4. The lowest BCUT2D eigenvalue weighted by molar-refractivity contribution is -0.143. The van der Waals surface area contributed by atoms with Crippen LogP contribution in [-0.2, 0) is 35.2 Å². The Kier molecular flexibility index (Phi) is 12.6. The highest BCUT2D eigenvalue weighted by atomic mass is 16.6. The van der Waals surface area contributed by atoms with Gasteiger partial charge in [-0.3, -0.25) is 9.59 Å². The molecule has 12 nitrogen and oxygen atoms in total. The number of carbonyl (C=O) groups excluding carboxylic acids is 5. The number of benzene rings is 1. The van der Waals surface area contributed by atoms with Crippen LogP contribution in [-0.4, -0.2) is 91.2 Å². The molecule has 12 heteroatoms. The average Bonchev–Trinajstić information content (AvgIpc) is 3.00. The highest BCUT2D eigenvalue weighted by molar-refractivity contribution is 5.84. The fourth-order valence-corrected chi connectivity index (χ4v) is 5.22. The van der Waals surface area contributed by atoms with Gasteiger partial charge < -0.3 is 34.6 Å². The third kappa shape index (κ3) is 11.4. The standard InChI is InChI=1S/C31H46N4O8/c1-31(2,3)43-30(40)34-17-14-22(15-18-34)12-13-26(36)35-16-8-11-24(20-35)27(37)32-19-25(28(38)41-4)33-29(39)42-21-23-9-6-5-7-10-23/h5-7,9-10,22,24-25H,8,11-21H2,1-4H3,(H,32,37)(H,33,39)/t24-,25+/m1/s1. The summed E-state index contributed by atoms with van der Waals surface area (Å²) in [5.74, 6) is -1.05. The van der Waals surface area contributed by atoms with Crippen molar-refractivity contribution < 1.29 is 38.2 Å². The van der Waals surface area contributed by atoms with E-state index in [4.69, 9.17) is 14.2 Å². The highest BCUT2D eigenvalue weighted by Gasteiger charge is 2.31. The van der Waals surface area contributed by atoms with Crippen molar-refractivity contribution >= 4 is 30.0 Å². The molecule has 1 aromatic carbocycles. The quantitative estimate of drug-likeness (QED) is 0.307. The largest absolute Gasteiger partial charge is 0.467 e. The number of nitrogens with zero attached hydrogens (tertiary/aromatic N) is 2. The van der Waals surface area contributed by atoms with Gasteiger partial charge in [0.1, 0.15) is 18.2 Å². The summed E-state index contributed by atoms with van der Waals surface area (Å²) in [6.07, 6.45) is 3.00. The third-order valence-corrected chi connectivity index (χ3v) is 7.65. The normalized spacial score (nSPS) is 18.3. The molecule has 2 aliphatic rings. The summed E-state index contributed by atoms with van der Waals surface area (Å²) in [7, 11) is 1.20. The molecule has 0 aliphatic carbocycles. The summed E-state index contributed by atoms with van der Waals surface area (Å²) >= 11 is 0. The fraction of sp³-hybridized carbons (Fsp3) is 0.645. The zero-order valence-electron chi connectivity index (χ0n) is 25.8. The summed E-state index contributed by atoms with van der Waals surface area (Å²) in [6, 6.07) is 7.98. The molecule has 3 rings (SSSR count). The number of amides is 4. The van der Waals surface area contributed by atoms with Crippen molar-refractivity contribution in [1.29, 1.82) is 0 Å². The van der Waals surface area contributed by atoms with E-state index < -0.39 is 29.6 Å². The van der Waals surface area contributed by atoms with Gasteiger partial charge in [-0.15, -0.1) is 0 Å². The number of rotatable bonds is 10. The zero-order valence-corrected chi connectivity index (χ0v) is 25.8. The maximum atomic E-state index is 13.0. The smallest absolute Gasteiger partial charge is 0.410 e. The maximum Gasteiger partial charge on any atom is 0.410 e.